The monoisotopic (exact) mass is 659 g/mol. The summed E-state index contributed by atoms with van der Waals surface area (Å²) in [6.45, 7) is 6.10. The third-order valence-electron chi connectivity index (χ3n) is 7.42. The zero-order valence-electron chi connectivity index (χ0n) is 26.7. The number of carbonyl (C=O) groups is 2. The fourth-order valence-electron chi connectivity index (χ4n) is 5.13. The van der Waals surface area contributed by atoms with E-state index in [1.54, 1.807) is 48.5 Å². The number of hydrogen-bond acceptors (Lipinski definition) is 6. The first-order valence-electron chi connectivity index (χ1n) is 15.2. The second-order valence-electron chi connectivity index (χ2n) is 10.7. The average Bonchev–Trinajstić information content (AvgIpc) is 3.06. The third-order valence-corrected chi connectivity index (χ3v) is 9.95. The summed E-state index contributed by atoms with van der Waals surface area (Å²) in [6, 6.07) is 29.5. The van der Waals surface area contributed by atoms with Crippen molar-refractivity contribution in [2.75, 3.05) is 30.3 Å². The quantitative estimate of drug-likeness (QED) is 0.155. The first-order valence-corrected chi connectivity index (χ1v) is 17.9. The number of anilines is 1. The Hall–Kier alpha value is -4.28. The van der Waals surface area contributed by atoms with Crippen molar-refractivity contribution in [3.05, 3.63) is 120 Å². The molecule has 4 aromatic carbocycles. The van der Waals surface area contributed by atoms with Gasteiger partial charge in [-0.2, -0.15) is 0 Å². The molecule has 8 nitrogen and oxygen atoms in total. The summed E-state index contributed by atoms with van der Waals surface area (Å²) in [4.78, 5) is 30.6. The van der Waals surface area contributed by atoms with E-state index in [1.807, 2.05) is 81.6 Å². The average molecular weight is 660 g/mol. The molecule has 4 aromatic rings. The molecule has 0 aliphatic carbocycles. The number of likely N-dealkylation sites (N-methyl/N-ethyl adjacent to an activating group) is 1. The van der Waals surface area contributed by atoms with Gasteiger partial charge in [-0.25, -0.2) is 8.42 Å². The van der Waals surface area contributed by atoms with Crippen LogP contribution in [0.25, 0.3) is 0 Å². The highest BCUT2D eigenvalue weighted by Crippen LogP contribution is 2.28. The summed E-state index contributed by atoms with van der Waals surface area (Å²) in [5.74, 6) is -0.234. The van der Waals surface area contributed by atoms with Crippen molar-refractivity contribution in [2.45, 2.75) is 49.6 Å². The Balaban J connectivity index is 1.79. The van der Waals surface area contributed by atoms with E-state index >= 15 is 0 Å². The molecule has 0 aliphatic heterocycles. The van der Waals surface area contributed by atoms with E-state index in [-0.39, 0.29) is 23.8 Å². The summed E-state index contributed by atoms with van der Waals surface area (Å²) in [5.41, 5.74) is 3.03. The largest absolute Gasteiger partial charge is 0.494 e. The maximum Gasteiger partial charge on any atom is 0.264 e. The van der Waals surface area contributed by atoms with Crippen LogP contribution < -0.4 is 14.4 Å². The molecule has 0 aromatic heterocycles. The Morgan fingerprint density at radius 3 is 2.15 bits per heavy atom. The van der Waals surface area contributed by atoms with Crippen LogP contribution in [0.1, 0.15) is 30.5 Å². The summed E-state index contributed by atoms with van der Waals surface area (Å²) < 4.78 is 35.2. The van der Waals surface area contributed by atoms with Crippen LogP contribution in [0.5, 0.6) is 5.75 Å². The topological polar surface area (TPSA) is 96.0 Å². The van der Waals surface area contributed by atoms with E-state index in [0.717, 1.165) is 25.9 Å². The summed E-state index contributed by atoms with van der Waals surface area (Å²) >= 11 is 1.50. The molecule has 0 spiro atoms. The van der Waals surface area contributed by atoms with Crippen molar-refractivity contribution in [1.29, 1.82) is 0 Å². The molecular formula is C36H41N3O5S2. The van der Waals surface area contributed by atoms with Crippen molar-refractivity contribution in [2.24, 2.45) is 0 Å². The van der Waals surface area contributed by atoms with E-state index < -0.39 is 28.5 Å². The van der Waals surface area contributed by atoms with E-state index in [0.29, 0.717) is 24.6 Å². The second-order valence-corrected chi connectivity index (χ2v) is 13.5. The molecule has 10 heteroatoms. The van der Waals surface area contributed by atoms with Crippen LogP contribution in [0.4, 0.5) is 5.69 Å². The second kappa shape index (κ2) is 16.3. The maximum absolute atomic E-state index is 14.5. The number of aryl methyl sites for hydroxylation is 1. The maximum atomic E-state index is 14.5. The number of nitrogens with zero attached hydrogens (tertiary/aromatic N) is 2. The summed E-state index contributed by atoms with van der Waals surface area (Å²) in [5, 5.41) is 2.89. The van der Waals surface area contributed by atoms with Crippen molar-refractivity contribution < 1.29 is 22.7 Å². The third kappa shape index (κ3) is 8.92. The first-order chi connectivity index (χ1) is 22.2. The predicted molar refractivity (Wildman–Crippen MR) is 185 cm³/mol. The van der Waals surface area contributed by atoms with Gasteiger partial charge in [-0.15, -0.1) is 11.8 Å². The molecule has 0 unspecified atom stereocenters. The molecule has 0 saturated heterocycles. The zero-order valence-corrected chi connectivity index (χ0v) is 28.3. The van der Waals surface area contributed by atoms with Gasteiger partial charge in [-0.1, -0.05) is 60.2 Å². The number of rotatable bonds is 15. The van der Waals surface area contributed by atoms with Crippen LogP contribution in [0.3, 0.4) is 0 Å². The lowest BCUT2D eigenvalue weighted by Gasteiger charge is -2.34. The SMILES string of the molecule is CCNC(=O)[C@H](Cc1ccccc1)N(Cc1cccc(C)c1)C(=O)CN(c1ccc(OCC)cc1)S(=O)(=O)c1ccc(SC)cc1. The Morgan fingerprint density at radius 1 is 0.870 bits per heavy atom. The van der Waals surface area contributed by atoms with E-state index in [4.69, 9.17) is 4.74 Å². The standard InChI is InChI=1S/C36H41N3O5S2/c1-5-37-36(41)34(24-28-12-8-7-9-13-28)38(25-29-14-10-11-27(3)23-29)35(40)26-39(30-15-17-31(18-16-30)44-6-2)46(42,43)33-21-19-32(45-4)20-22-33/h7-23,34H,5-6,24-26H2,1-4H3,(H,37,41)/t34-/m0/s1. The Bertz CT molecular complexity index is 1700. The minimum absolute atomic E-state index is 0.0572. The molecule has 0 aliphatic rings. The van der Waals surface area contributed by atoms with Gasteiger partial charge in [0.2, 0.25) is 11.8 Å². The lowest BCUT2D eigenvalue weighted by molar-refractivity contribution is -0.140. The molecule has 0 fully saturated rings. The van der Waals surface area contributed by atoms with Gasteiger partial charge in [0.1, 0.15) is 18.3 Å². The predicted octanol–water partition coefficient (Wildman–Crippen LogP) is 6.09. The number of amides is 2. The molecule has 0 bridgehead atoms. The van der Waals surface area contributed by atoms with Crippen LogP contribution >= 0.6 is 11.8 Å². The van der Waals surface area contributed by atoms with E-state index in [1.165, 1.54) is 16.7 Å². The number of hydrogen-bond donors (Lipinski definition) is 1. The Labute approximate surface area is 276 Å². The van der Waals surface area contributed by atoms with Crippen LogP contribution in [-0.4, -0.2) is 57.1 Å². The fourth-order valence-corrected chi connectivity index (χ4v) is 6.95. The number of thioether (sulfide) groups is 1. The Kier molecular flexibility index (Phi) is 12.3. The van der Waals surface area contributed by atoms with Gasteiger partial charge in [0.25, 0.3) is 10.0 Å². The number of sulfonamides is 1. The van der Waals surface area contributed by atoms with Gasteiger partial charge in [-0.05, 0) is 86.7 Å². The highest BCUT2D eigenvalue weighted by Gasteiger charge is 2.34. The van der Waals surface area contributed by atoms with Crippen molar-refractivity contribution in [1.82, 2.24) is 10.2 Å². The molecule has 0 saturated carbocycles. The van der Waals surface area contributed by atoms with Gasteiger partial charge < -0.3 is 15.0 Å². The highest BCUT2D eigenvalue weighted by molar-refractivity contribution is 7.98. The van der Waals surface area contributed by atoms with Gasteiger partial charge >= 0.3 is 0 Å². The van der Waals surface area contributed by atoms with Crippen LogP contribution in [0, 0.1) is 6.92 Å². The normalized spacial score (nSPS) is 11.8. The molecule has 2 amide bonds. The smallest absolute Gasteiger partial charge is 0.264 e. The van der Waals surface area contributed by atoms with E-state index in [2.05, 4.69) is 5.32 Å². The first kappa shape index (κ1) is 34.6. The molecule has 1 N–H and O–H groups in total. The fraction of sp³-hybridized carbons (Fsp3) is 0.278. The van der Waals surface area contributed by atoms with Crippen LogP contribution in [-0.2, 0) is 32.6 Å². The molecule has 1 atom stereocenters. The molecule has 4 rings (SSSR count). The molecular weight excluding hydrogens is 619 g/mol. The lowest BCUT2D eigenvalue weighted by atomic mass is 10.0. The number of ether oxygens (including phenoxy) is 1. The van der Waals surface area contributed by atoms with Gasteiger partial charge in [0, 0.05) is 24.4 Å². The van der Waals surface area contributed by atoms with Crippen LogP contribution in [0.2, 0.25) is 0 Å². The van der Waals surface area contributed by atoms with Crippen molar-refractivity contribution >= 4 is 39.3 Å². The summed E-state index contributed by atoms with van der Waals surface area (Å²) in [7, 11) is -4.19. The van der Waals surface area contributed by atoms with E-state index in [9.17, 15) is 18.0 Å². The lowest BCUT2D eigenvalue weighted by Crippen LogP contribution is -2.53. The molecule has 0 radical (unpaired) electrons. The van der Waals surface area contributed by atoms with Crippen LogP contribution in [0.15, 0.2) is 113 Å². The van der Waals surface area contributed by atoms with Crippen molar-refractivity contribution in [3.63, 3.8) is 0 Å². The number of carbonyl (C=O) groups excluding carboxylic acids is 2. The van der Waals surface area contributed by atoms with Crippen molar-refractivity contribution in [3.8, 4) is 5.75 Å². The molecule has 242 valence electrons. The Morgan fingerprint density at radius 2 is 1.54 bits per heavy atom. The minimum atomic E-state index is -4.19. The number of nitrogens with one attached hydrogen (secondary N) is 1. The van der Waals surface area contributed by atoms with Gasteiger partial charge in [0.15, 0.2) is 0 Å². The zero-order chi connectivity index (χ0) is 33.1. The highest BCUT2D eigenvalue weighted by atomic mass is 32.2. The van der Waals surface area contributed by atoms with Gasteiger partial charge in [-0.3, -0.25) is 13.9 Å². The minimum Gasteiger partial charge on any atom is -0.494 e. The molecule has 46 heavy (non-hydrogen) atoms. The van der Waals surface area contributed by atoms with Gasteiger partial charge in [0.05, 0.1) is 17.2 Å². The number of benzene rings is 4. The molecule has 0 heterocycles. The summed E-state index contributed by atoms with van der Waals surface area (Å²) in [6.07, 6.45) is 2.17.